The van der Waals surface area contributed by atoms with Crippen molar-refractivity contribution in [2.75, 3.05) is 30.9 Å². The van der Waals surface area contributed by atoms with Crippen LogP contribution in [-0.4, -0.2) is 53.7 Å². The Bertz CT molecular complexity index is 443. The van der Waals surface area contributed by atoms with Crippen molar-refractivity contribution in [1.29, 1.82) is 0 Å². The molecular formula is C14H20N2O3S. The van der Waals surface area contributed by atoms with Crippen molar-refractivity contribution in [3.63, 3.8) is 0 Å². The van der Waals surface area contributed by atoms with Crippen LogP contribution in [0.1, 0.15) is 6.92 Å². The highest BCUT2D eigenvalue weighted by Gasteiger charge is 2.38. The molecule has 1 fully saturated rings. The summed E-state index contributed by atoms with van der Waals surface area (Å²) in [7, 11) is 1.73. The third-order valence-electron chi connectivity index (χ3n) is 3.22. The van der Waals surface area contributed by atoms with Gasteiger partial charge in [0.15, 0.2) is 5.50 Å². The van der Waals surface area contributed by atoms with Gasteiger partial charge in [-0.15, -0.1) is 11.8 Å². The van der Waals surface area contributed by atoms with Crippen LogP contribution < -0.4 is 4.90 Å². The van der Waals surface area contributed by atoms with Crippen molar-refractivity contribution in [1.82, 2.24) is 4.90 Å². The van der Waals surface area contributed by atoms with E-state index < -0.39 is 0 Å². The number of amides is 1. The number of carbonyl (C=O) groups excluding carboxylic acids is 1. The van der Waals surface area contributed by atoms with Crippen LogP contribution in [0.15, 0.2) is 30.3 Å². The molecule has 1 N–H and O–H groups in total. The molecule has 6 heteroatoms. The number of aliphatic hydroxyl groups is 1. The van der Waals surface area contributed by atoms with Gasteiger partial charge in [0.2, 0.25) is 0 Å². The molecule has 2 rings (SSSR count). The van der Waals surface area contributed by atoms with Crippen molar-refractivity contribution in [3.05, 3.63) is 30.3 Å². The largest absolute Gasteiger partial charge is 0.450 e. The molecule has 1 aromatic carbocycles. The van der Waals surface area contributed by atoms with Crippen LogP contribution in [0.2, 0.25) is 0 Å². The van der Waals surface area contributed by atoms with Crippen LogP contribution >= 0.6 is 11.8 Å². The van der Waals surface area contributed by atoms with Gasteiger partial charge in [-0.3, -0.25) is 4.90 Å². The van der Waals surface area contributed by atoms with E-state index in [1.54, 1.807) is 30.6 Å². The van der Waals surface area contributed by atoms with E-state index >= 15 is 0 Å². The molecule has 2 atom stereocenters. The smallest absolute Gasteiger partial charge is 0.411 e. The summed E-state index contributed by atoms with van der Waals surface area (Å²) in [5.74, 6) is 0.778. The lowest BCUT2D eigenvalue weighted by Gasteiger charge is -2.35. The van der Waals surface area contributed by atoms with E-state index in [1.165, 1.54) is 0 Å². The summed E-state index contributed by atoms with van der Waals surface area (Å²) in [6, 6.07) is 9.83. The zero-order valence-electron chi connectivity index (χ0n) is 11.7. The summed E-state index contributed by atoms with van der Waals surface area (Å²) in [5, 5.41) is 9.55. The molecule has 2 unspecified atom stereocenters. The van der Waals surface area contributed by atoms with E-state index in [0.717, 1.165) is 11.4 Å². The highest BCUT2D eigenvalue weighted by atomic mass is 32.2. The van der Waals surface area contributed by atoms with Crippen LogP contribution in [0, 0.1) is 0 Å². The van der Waals surface area contributed by atoms with E-state index in [0.29, 0.717) is 6.61 Å². The lowest BCUT2D eigenvalue weighted by atomic mass is 10.2. The van der Waals surface area contributed by atoms with Crippen LogP contribution in [0.4, 0.5) is 10.5 Å². The van der Waals surface area contributed by atoms with E-state index in [1.807, 2.05) is 30.3 Å². The van der Waals surface area contributed by atoms with Crippen molar-refractivity contribution in [3.8, 4) is 0 Å². The van der Waals surface area contributed by atoms with Crippen molar-refractivity contribution in [2.24, 2.45) is 0 Å². The molecule has 1 aromatic rings. The van der Waals surface area contributed by atoms with E-state index in [-0.39, 0.29) is 24.2 Å². The standard InChI is InChI=1S/C14H20N2O3S/c1-3-19-14(18)15(2)13-16(12(9-17)10-20-13)11-7-5-4-6-8-11/h4-8,12-13,17H,3,9-10H2,1-2H3. The maximum atomic E-state index is 11.9. The predicted molar refractivity (Wildman–Crippen MR) is 80.8 cm³/mol. The van der Waals surface area contributed by atoms with Crippen molar-refractivity contribution in [2.45, 2.75) is 18.5 Å². The van der Waals surface area contributed by atoms with E-state index in [2.05, 4.69) is 4.90 Å². The zero-order chi connectivity index (χ0) is 14.5. The predicted octanol–water partition coefficient (Wildman–Crippen LogP) is 1.97. The third-order valence-corrected chi connectivity index (χ3v) is 4.64. The Balaban J connectivity index is 2.21. The average molecular weight is 296 g/mol. The zero-order valence-corrected chi connectivity index (χ0v) is 12.5. The fourth-order valence-electron chi connectivity index (χ4n) is 2.23. The first-order valence-electron chi connectivity index (χ1n) is 6.64. The third kappa shape index (κ3) is 3.02. The number of hydrogen-bond acceptors (Lipinski definition) is 5. The minimum absolute atomic E-state index is 0.00396. The quantitative estimate of drug-likeness (QED) is 0.920. The molecule has 0 saturated carbocycles. The van der Waals surface area contributed by atoms with Crippen molar-refractivity contribution < 1.29 is 14.6 Å². The average Bonchev–Trinajstić information content (AvgIpc) is 2.91. The number of aliphatic hydroxyl groups excluding tert-OH is 1. The minimum atomic E-state index is -0.343. The number of benzene rings is 1. The number of rotatable bonds is 4. The van der Waals surface area contributed by atoms with Gasteiger partial charge >= 0.3 is 6.09 Å². The summed E-state index contributed by atoms with van der Waals surface area (Å²) >= 11 is 1.63. The van der Waals surface area contributed by atoms with Gasteiger partial charge in [-0.1, -0.05) is 18.2 Å². The van der Waals surface area contributed by atoms with E-state index in [4.69, 9.17) is 4.74 Å². The van der Waals surface area contributed by atoms with Gasteiger partial charge in [0.05, 0.1) is 19.3 Å². The van der Waals surface area contributed by atoms with Gasteiger partial charge in [0.25, 0.3) is 0 Å². The maximum absolute atomic E-state index is 11.9. The number of carbonyl (C=O) groups is 1. The maximum Gasteiger partial charge on any atom is 0.411 e. The lowest BCUT2D eigenvalue weighted by Crippen LogP contribution is -2.48. The van der Waals surface area contributed by atoms with Crippen LogP contribution in [0.5, 0.6) is 0 Å². The number of ether oxygens (including phenoxy) is 1. The number of hydrogen-bond donors (Lipinski definition) is 1. The van der Waals surface area contributed by atoms with Gasteiger partial charge in [-0.05, 0) is 19.1 Å². The van der Waals surface area contributed by atoms with E-state index in [9.17, 15) is 9.90 Å². The van der Waals surface area contributed by atoms with Crippen molar-refractivity contribution >= 4 is 23.5 Å². The molecule has 5 nitrogen and oxygen atoms in total. The fourth-order valence-corrected chi connectivity index (χ4v) is 3.66. The van der Waals surface area contributed by atoms with Gasteiger partial charge in [0, 0.05) is 18.5 Å². The molecule has 1 aliphatic rings. The Morgan fingerprint density at radius 1 is 1.50 bits per heavy atom. The first kappa shape index (κ1) is 15.0. The molecule has 0 bridgehead atoms. The van der Waals surface area contributed by atoms with Crippen LogP contribution in [0.25, 0.3) is 0 Å². The Kier molecular flexibility index (Phi) is 5.14. The second-order valence-corrected chi connectivity index (χ2v) is 5.64. The molecule has 0 radical (unpaired) electrons. The highest BCUT2D eigenvalue weighted by molar-refractivity contribution is 8.00. The lowest BCUT2D eigenvalue weighted by molar-refractivity contribution is 0.111. The Labute approximate surface area is 123 Å². The molecule has 20 heavy (non-hydrogen) atoms. The first-order chi connectivity index (χ1) is 9.69. The topological polar surface area (TPSA) is 53.0 Å². The molecule has 110 valence electrons. The fraction of sp³-hybridized carbons (Fsp3) is 0.500. The second kappa shape index (κ2) is 6.85. The highest BCUT2D eigenvalue weighted by Crippen LogP contribution is 2.35. The first-order valence-corrected chi connectivity index (χ1v) is 7.69. The second-order valence-electron chi connectivity index (χ2n) is 4.55. The summed E-state index contributed by atoms with van der Waals surface area (Å²) in [4.78, 5) is 15.6. The minimum Gasteiger partial charge on any atom is -0.450 e. The molecular weight excluding hydrogens is 276 g/mol. The van der Waals surface area contributed by atoms with Crippen LogP contribution in [-0.2, 0) is 4.74 Å². The molecule has 1 aliphatic heterocycles. The van der Waals surface area contributed by atoms with Gasteiger partial charge in [0.1, 0.15) is 0 Å². The number of anilines is 1. The Morgan fingerprint density at radius 3 is 2.80 bits per heavy atom. The number of nitrogens with zero attached hydrogens (tertiary/aromatic N) is 2. The Morgan fingerprint density at radius 2 is 2.20 bits per heavy atom. The summed E-state index contributed by atoms with van der Waals surface area (Å²) < 4.78 is 5.05. The molecule has 0 aliphatic carbocycles. The molecule has 0 aromatic heterocycles. The number of thioether (sulfide) groups is 1. The molecule has 1 heterocycles. The number of para-hydroxylation sites is 1. The SMILES string of the molecule is CCOC(=O)N(C)C1SCC(CO)N1c1ccccc1. The van der Waals surface area contributed by atoms with Crippen LogP contribution in [0.3, 0.4) is 0 Å². The summed E-state index contributed by atoms with van der Waals surface area (Å²) in [5.41, 5.74) is 0.839. The summed E-state index contributed by atoms with van der Waals surface area (Å²) in [6.07, 6.45) is -0.343. The summed E-state index contributed by atoms with van der Waals surface area (Å²) in [6.45, 7) is 2.21. The molecule has 1 saturated heterocycles. The van der Waals surface area contributed by atoms with Gasteiger partial charge < -0.3 is 14.7 Å². The Hall–Kier alpha value is -1.40. The van der Waals surface area contributed by atoms with Gasteiger partial charge in [-0.2, -0.15) is 0 Å². The molecule has 1 amide bonds. The van der Waals surface area contributed by atoms with Gasteiger partial charge in [-0.25, -0.2) is 4.79 Å². The normalized spacial score (nSPS) is 21.9. The monoisotopic (exact) mass is 296 g/mol. The molecule has 0 spiro atoms.